The van der Waals surface area contributed by atoms with Gasteiger partial charge in [0.25, 0.3) is 5.91 Å². The van der Waals surface area contributed by atoms with E-state index in [4.69, 9.17) is 9.72 Å². The largest absolute Gasteiger partial charge is 0.497 e. The fraction of sp³-hybridized carbons (Fsp3) is 0.333. The number of hydrogen-bond acceptors (Lipinski definition) is 4. The highest BCUT2D eigenvalue weighted by Gasteiger charge is 2.27. The molecule has 1 aromatic heterocycles. The SMILES string of the molecule is COc1ccc(NC(=O)C[NH+]2CCC(c3nc4ccccc4s3)CC2)cc1. The highest BCUT2D eigenvalue weighted by molar-refractivity contribution is 7.18. The maximum Gasteiger partial charge on any atom is 0.279 e. The Morgan fingerprint density at radius 2 is 1.93 bits per heavy atom. The van der Waals surface area contributed by atoms with E-state index in [1.54, 1.807) is 7.11 Å². The second-order valence-electron chi connectivity index (χ2n) is 7.00. The van der Waals surface area contributed by atoms with Crippen LogP contribution >= 0.6 is 11.3 Å². The Morgan fingerprint density at radius 3 is 2.63 bits per heavy atom. The molecule has 1 saturated heterocycles. The number of carbonyl (C=O) groups excluding carboxylic acids is 1. The van der Waals surface area contributed by atoms with E-state index in [0.717, 1.165) is 42.9 Å². The van der Waals surface area contributed by atoms with Gasteiger partial charge >= 0.3 is 0 Å². The number of para-hydroxylation sites is 1. The number of piperidine rings is 1. The first-order chi connectivity index (χ1) is 13.2. The second-order valence-corrected chi connectivity index (χ2v) is 8.06. The summed E-state index contributed by atoms with van der Waals surface area (Å²) in [6.45, 7) is 2.53. The zero-order valence-electron chi connectivity index (χ0n) is 15.4. The van der Waals surface area contributed by atoms with Gasteiger partial charge in [-0.1, -0.05) is 12.1 Å². The van der Waals surface area contributed by atoms with Crippen molar-refractivity contribution in [1.82, 2.24) is 4.98 Å². The van der Waals surface area contributed by atoms with Crippen LogP contribution < -0.4 is 15.0 Å². The number of carbonyl (C=O) groups is 1. The molecule has 0 aliphatic carbocycles. The number of aromatic nitrogens is 1. The zero-order chi connectivity index (χ0) is 18.6. The molecule has 0 bridgehead atoms. The van der Waals surface area contributed by atoms with Crippen molar-refractivity contribution in [3.05, 3.63) is 53.5 Å². The lowest BCUT2D eigenvalue weighted by Crippen LogP contribution is -3.14. The van der Waals surface area contributed by atoms with Gasteiger partial charge in [0.15, 0.2) is 6.54 Å². The second kappa shape index (κ2) is 8.06. The van der Waals surface area contributed by atoms with Gasteiger partial charge in [-0.3, -0.25) is 4.79 Å². The predicted molar refractivity (Wildman–Crippen MR) is 109 cm³/mol. The number of likely N-dealkylation sites (tertiary alicyclic amines) is 1. The van der Waals surface area contributed by atoms with Crippen LogP contribution in [0, 0.1) is 0 Å². The summed E-state index contributed by atoms with van der Waals surface area (Å²) < 4.78 is 6.41. The van der Waals surface area contributed by atoms with Crippen molar-refractivity contribution in [2.45, 2.75) is 18.8 Å². The molecule has 1 amide bonds. The molecule has 0 atom stereocenters. The fourth-order valence-corrected chi connectivity index (χ4v) is 4.76. The number of fused-ring (bicyclic) bond motifs is 1. The van der Waals surface area contributed by atoms with Gasteiger partial charge in [-0.25, -0.2) is 4.98 Å². The number of quaternary nitrogens is 1. The Bertz CT molecular complexity index is 882. The minimum atomic E-state index is 0.0635. The monoisotopic (exact) mass is 382 g/mol. The Kier molecular flexibility index (Phi) is 5.36. The Morgan fingerprint density at radius 1 is 1.19 bits per heavy atom. The summed E-state index contributed by atoms with van der Waals surface area (Å²) >= 11 is 1.81. The van der Waals surface area contributed by atoms with E-state index < -0.39 is 0 Å². The molecule has 1 aliphatic rings. The van der Waals surface area contributed by atoms with Gasteiger partial charge in [0.2, 0.25) is 0 Å². The summed E-state index contributed by atoms with van der Waals surface area (Å²) in [6.07, 6.45) is 2.18. The minimum absolute atomic E-state index is 0.0635. The number of nitrogens with zero attached hydrogens (tertiary/aromatic N) is 1. The van der Waals surface area contributed by atoms with Crippen molar-refractivity contribution >= 4 is 33.1 Å². The average molecular weight is 383 g/mol. The van der Waals surface area contributed by atoms with E-state index in [1.807, 2.05) is 41.7 Å². The topological polar surface area (TPSA) is 55.7 Å². The number of nitrogens with one attached hydrogen (secondary N) is 2. The van der Waals surface area contributed by atoms with Crippen LogP contribution in [0.25, 0.3) is 10.2 Å². The van der Waals surface area contributed by atoms with Crippen LogP contribution in [0.15, 0.2) is 48.5 Å². The molecular weight excluding hydrogens is 358 g/mol. The number of ether oxygens (including phenoxy) is 1. The molecule has 1 fully saturated rings. The molecule has 0 spiro atoms. The standard InChI is InChI=1S/C21H23N3O2S/c1-26-17-8-6-16(7-9-17)22-20(25)14-24-12-10-15(11-13-24)21-23-18-4-2-3-5-19(18)27-21/h2-9,15H,10-14H2,1H3,(H,22,25)/p+1. The first-order valence-corrected chi connectivity index (χ1v) is 10.2. The molecule has 2 aromatic carbocycles. The highest BCUT2D eigenvalue weighted by atomic mass is 32.1. The van der Waals surface area contributed by atoms with E-state index in [1.165, 1.54) is 14.6 Å². The van der Waals surface area contributed by atoms with Crippen LogP contribution in [-0.2, 0) is 4.79 Å². The number of anilines is 1. The van der Waals surface area contributed by atoms with Crippen molar-refractivity contribution in [3.8, 4) is 5.75 Å². The summed E-state index contributed by atoms with van der Waals surface area (Å²) in [4.78, 5) is 18.5. The quantitative estimate of drug-likeness (QED) is 0.713. The van der Waals surface area contributed by atoms with Gasteiger partial charge in [0, 0.05) is 24.4 Å². The third kappa shape index (κ3) is 4.28. The maximum absolute atomic E-state index is 12.3. The molecule has 0 saturated carbocycles. The van der Waals surface area contributed by atoms with Crippen LogP contribution in [0.5, 0.6) is 5.75 Å². The summed E-state index contributed by atoms with van der Waals surface area (Å²) in [7, 11) is 1.63. The molecule has 4 rings (SSSR count). The zero-order valence-corrected chi connectivity index (χ0v) is 16.2. The molecule has 1 aliphatic heterocycles. The first kappa shape index (κ1) is 17.9. The van der Waals surface area contributed by atoms with Gasteiger partial charge < -0.3 is 15.0 Å². The van der Waals surface area contributed by atoms with Crippen LogP contribution in [0.1, 0.15) is 23.8 Å². The third-order valence-electron chi connectivity index (χ3n) is 5.14. The van der Waals surface area contributed by atoms with Crippen molar-refractivity contribution in [3.63, 3.8) is 0 Å². The molecule has 5 nitrogen and oxygen atoms in total. The molecule has 2 N–H and O–H groups in total. The summed E-state index contributed by atoms with van der Waals surface area (Å²) in [6, 6.07) is 15.8. The van der Waals surface area contributed by atoms with E-state index in [2.05, 4.69) is 23.5 Å². The smallest absolute Gasteiger partial charge is 0.279 e. The van der Waals surface area contributed by atoms with Gasteiger partial charge in [0.05, 0.1) is 35.4 Å². The molecule has 0 radical (unpaired) electrons. The molecule has 3 aromatic rings. The fourth-order valence-electron chi connectivity index (χ4n) is 3.62. The predicted octanol–water partition coefficient (Wildman–Crippen LogP) is 2.71. The molecule has 27 heavy (non-hydrogen) atoms. The van der Waals surface area contributed by atoms with E-state index in [0.29, 0.717) is 12.5 Å². The van der Waals surface area contributed by atoms with Crippen molar-refractivity contribution in [1.29, 1.82) is 0 Å². The van der Waals surface area contributed by atoms with Gasteiger partial charge in [-0.05, 0) is 36.4 Å². The van der Waals surface area contributed by atoms with Crippen LogP contribution in [-0.4, -0.2) is 37.6 Å². The van der Waals surface area contributed by atoms with Crippen molar-refractivity contribution in [2.75, 3.05) is 32.1 Å². The van der Waals surface area contributed by atoms with Gasteiger partial charge in [0.1, 0.15) is 5.75 Å². The Hall–Kier alpha value is -2.44. The lowest BCUT2D eigenvalue weighted by molar-refractivity contribution is -0.897. The van der Waals surface area contributed by atoms with Crippen LogP contribution in [0.3, 0.4) is 0 Å². The van der Waals surface area contributed by atoms with E-state index in [9.17, 15) is 4.79 Å². The molecule has 0 unspecified atom stereocenters. The number of rotatable bonds is 5. The van der Waals surface area contributed by atoms with Crippen LogP contribution in [0.2, 0.25) is 0 Å². The van der Waals surface area contributed by atoms with Gasteiger partial charge in [-0.15, -0.1) is 11.3 Å². The lowest BCUT2D eigenvalue weighted by atomic mass is 9.97. The number of hydrogen-bond donors (Lipinski definition) is 2. The van der Waals surface area contributed by atoms with E-state index >= 15 is 0 Å². The summed E-state index contributed by atoms with van der Waals surface area (Å²) in [5.74, 6) is 1.37. The summed E-state index contributed by atoms with van der Waals surface area (Å²) in [5, 5.41) is 4.22. The normalized spacial score (nSPS) is 19.7. The molecule has 6 heteroatoms. The number of thiazole rings is 1. The maximum atomic E-state index is 12.3. The highest BCUT2D eigenvalue weighted by Crippen LogP contribution is 2.31. The number of benzene rings is 2. The lowest BCUT2D eigenvalue weighted by Gasteiger charge is -2.27. The number of amides is 1. The number of methoxy groups -OCH3 is 1. The van der Waals surface area contributed by atoms with Gasteiger partial charge in [-0.2, -0.15) is 0 Å². The molecular formula is C21H24N3O2S+. The average Bonchev–Trinajstić information content (AvgIpc) is 3.13. The Balaban J connectivity index is 1.29. The minimum Gasteiger partial charge on any atom is -0.497 e. The van der Waals surface area contributed by atoms with E-state index in [-0.39, 0.29) is 5.91 Å². The third-order valence-corrected chi connectivity index (χ3v) is 6.34. The first-order valence-electron chi connectivity index (χ1n) is 9.34. The van der Waals surface area contributed by atoms with Crippen LogP contribution in [0.4, 0.5) is 5.69 Å². The van der Waals surface area contributed by atoms with Crippen molar-refractivity contribution in [2.24, 2.45) is 0 Å². The molecule has 140 valence electrons. The van der Waals surface area contributed by atoms with Crippen molar-refractivity contribution < 1.29 is 14.4 Å². The summed E-state index contributed by atoms with van der Waals surface area (Å²) in [5.41, 5.74) is 1.91. The molecule has 2 heterocycles. The Labute approximate surface area is 163 Å².